The van der Waals surface area contributed by atoms with Gasteiger partial charge in [0.15, 0.2) is 0 Å². The highest BCUT2D eigenvalue weighted by molar-refractivity contribution is 6.09. The molecule has 5 nitrogen and oxygen atoms in total. The molecule has 1 aliphatic rings. The van der Waals surface area contributed by atoms with E-state index in [1.54, 1.807) is 0 Å². The van der Waals surface area contributed by atoms with Crippen LogP contribution in [0.15, 0.2) is 109 Å². The average molecular weight is 525 g/mol. The molecule has 4 aromatic carbocycles. The summed E-state index contributed by atoms with van der Waals surface area (Å²) < 4.78 is 8.86. The zero-order valence-electron chi connectivity index (χ0n) is 23.3. The van der Waals surface area contributed by atoms with Crippen molar-refractivity contribution in [2.75, 3.05) is 23.5 Å². The van der Waals surface area contributed by atoms with Crippen molar-refractivity contribution in [1.82, 2.24) is 9.55 Å². The lowest BCUT2D eigenvalue weighted by molar-refractivity contribution is 0.479. The van der Waals surface area contributed by atoms with Crippen LogP contribution in [0.2, 0.25) is 0 Å². The summed E-state index contributed by atoms with van der Waals surface area (Å²) in [6, 6.07) is 36.0. The van der Waals surface area contributed by atoms with Gasteiger partial charge in [-0.15, -0.1) is 0 Å². The first-order chi connectivity index (χ1) is 19.4. The number of fused-ring (bicyclic) bond motifs is 4. The quantitative estimate of drug-likeness (QED) is 0.231. The summed E-state index contributed by atoms with van der Waals surface area (Å²) >= 11 is 0. The van der Waals surface area contributed by atoms with Gasteiger partial charge >= 0.3 is 0 Å². The Hall–Kier alpha value is -4.77. The Balaban J connectivity index is 1.34. The van der Waals surface area contributed by atoms with Gasteiger partial charge in [0.05, 0.1) is 29.1 Å². The maximum atomic E-state index is 6.65. The molecule has 1 aliphatic heterocycles. The molecule has 0 N–H and O–H groups in total. The van der Waals surface area contributed by atoms with E-state index in [-0.39, 0.29) is 5.41 Å². The van der Waals surface area contributed by atoms with Gasteiger partial charge in [0.1, 0.15) is 17.3 Å². The van der Waals surface area contributed by atoms with E-state index in [1.165, 1.54) is 27.7 Å². The number of hydrogen-bond acceptors (Lipinski definition) is 4. The Bertz CT molecular complexity index is 1870. The molecule has 40 heavy (non-hydrogen) atoms. The summed E-state index contributed by atoms with van der Waals surface area (Å²) in [5, 5.41) is 2.37. The van der Waals surface area contributed by atoms with E-state index >= 15 is 0 Å². The molecule has 0 amide bonds. The van der Waals surface area contributed by atoms with E-state index in [0.717, 1.165) is 40.7 Å². The van der Waals surface area contributed by atoms with Crippen molar-refractivity contribution in [2.24, 2.45) is 0 Å². The molecule has 7 rings (SSSR count). The fourth-order valence-electron chi connectivity index (χ4n) is 5.71. The van der Waals surface area contributed by atoms with Crippen LogP contribution in [-0.4, -0.2) is 23.3 Å². The van der Waals surface area contributed by atoms with Crippen LogP contribution in [0.5, 0.6) is 11.5 Å². The number of aromatic nitrogens is 2. The number of para-hydroxylation sites is 3. The van der Waals surface area contributed by atoms with Crippen LogP contribution >= 0.6 is 0 Å². The normalized spacial score (nSPS) is 13.3. The molecular weight excluding hydrogens is 492 g/mol. The largest absolute Gasteiger partial charge is 0.457 e. The molecule has 5 heteroatoms. The Morgan fingerprint density at radius 3 is 2.25 bits per heavy atom. The van der Waals surface area contributed by atoms with Crippen molar-refractivity contribution >= 4 is 38.9 Å². The van der Waals surface area contributed by atoms with Crippen LogP contribution in [0.4, 0.5) is 17.1 Å². The maximum absolute atomic E-state index is 6.65. The van der Waals surface area contributed by atoms with E-state index in [2.05, 4.69) is 132 Å². The molecule has 6 aromatic rings. The highest BCUT2D eigenvalue weighted by Gasteiger charge is 2.26. The number of pyridine rings is 1. The van der Waals surface area contributed by atoms with Gasteiger partial charge in [-0.1, -0.05) is 57.2 Å². The molecule has 0 unspecified atom stereocenters. The smallest absolute Gasteiger partial charge is 0.137 e. The Morgan fingerprint density at radius 2 is 1.45 bits per heavy atom. The van der Waals surface area contributed by atoms with Gasteiger partial charge in [-0.2, -0.15) is 0 Å². The third kappa shape index (κ3) is 4.06. The lowest BCUT2D eigenvalue weighted by Gasteiger charge is -2.25. The second-order valence-corrected chi connectivity index (χ2v) is 11.5. The van der Waals surface area contributed by atoms with Crippen LogP contribution in [0.3, 0.4) is 0 Å². The lowest BCUT2D eigenvalue weighted by Crippen LogP contribution is -2.24. The molecule has 0 saturated heterocycles. The second kappa shape index (κ2) is 9.16. The number of rotatable bonds is 4. The van der Waals surface area contributed by atoms with Crippen LogP contribution in [0, 0.1) is 0 Å². The minimum atomic E-state index is -0.0331. The maximum Gasteiger partial charge on any atom is 0.137 e. The highest BCUT2D eigenvalue weighted by Crippen LogP contribution is 2.43. The number of nitrogens with zero attached hydrogens (tertiary/aromatic N) is 4. The molecule has 0 aliphatic carbocycles. The van der Waals surface area contributed by atoms with Crippen LogP contribution in [0.1, 0.15) is 26.3 Å². The fraction of sp³-hybridized carbons (Fsp3) is 0.171. The summed E-state index contributed by atoms with van der Waals surface area (Å²) in [6.45, 7) is 7.54. The van der Waals surface area contributed by atoms with E-state index in [4.69, 9.17) is 4.74 Å². The molecule has 0 radical (unpaired) electrons. The van der Waals surface area contributed by atoms with Crippen molar-refractivity contribution in [3.63, 3.8) is 0 Å². The monoisotopic (exact) mass is 524 g/mol. The first kappa shape index (κ1) is 24.3. The van der Waals surface area contributed by atoms with Crippen molar-refractivity contribution in [3.05, 3.63) is 115 Å². The Labute approximate surface area is 234 Å². The minimum Gasteiger partial charge on any atom is -0.457 e. The van der Waals surface area contributed by atoms with Crippen molar-refractivity contribution < 1.29 is 4.74 Å². The van der Waals surface area contributed by atoms with Crippen molar-refractivity contribution in [3.8, 4) is 17.3 Å². The Kier molecular flexibility index (Phi) is 5.56. The third-order valence-electron chi connectivity index (χ3n) is 7.77. The highest BCUT2D eigenvalue weighted by atomic mass is 16.5. The van der Waals surface area contributed by atoms with Gasteiger partial charge in [-0.25, -0.2) is 4.98 Å². The minimum absolute atomic E-state index is 0.0331. The first-order valence-corrected chi connectivity index (χ1v) is 13.7. The molecular formula is C35H32N4O. The molecule has 0 saturated carbocycles. The molecule has 2 aromatic heterocycles. The Morgan fingerprint density at radius 1 is 0.700 bits per heavy atom. The first-order valence-electron chi connectivity index (χ1n) is 13.7. The average Bonchev–Trinajstić information content (AvgIpc) is 3.47. The summed E-state index contributed by atoms with van der Waals surface area (Å²) in [7, 11) is 2.14. The number of anilines is 3. The summed E-state index contributed by atoms with van der Waals surface area (Å²) in [6.07, 6.45) is 1.84. The van der Waals surface area contributed by atoms with Gasteiger partial charge in [0.2, 0.25) is 0 Å². The fourth-order valence-corrected chi connectivity index (χ4v) is 5.71. The summed E-state index contributed by atoms with van der Waals surface area (Å²) in [5.41, 5.74) is 6.97. The van der Waals surface area contributed by atoms with Gasteiger partial charge in [-0.3, -0.25) is 4.57 Å². The van der Waals surface area contributed by atoms with Gasteiger partial charge in [0, 0.05) is 41.8 Å². The topological polar surface area (TPSA) is 33.5 Å². The van der Waals surface area contributed by atoms with E-state index in [1.807, 2.05) is 24.4 Å². The zero-order chi connectivity index (χ0) is 27.4. The van der Waals surface area contributed by atoms with Gasteiger partial charge in [-0.05, 0) is 65.6 Å². The molecule has 0 bridgehead atoms. The number of hydrogen-bond donors (Lipinski definition) is 0. The third-order valence-corrected chi connectivity index (χ3v) is 7.77. The predicted molar refractivity (Wildman–Crippen MR) is 166 cm³/mol. The van der Waals surface area contributed by atoms with E-state index in [9.17, 15) is 0 Å². The predicted octanol–water partition coefficient (Wildman–Crippen LogP) is 8.81. The van der Waals surface area contributed by atoms with Crippen LogP contribution in [-0.2, 0) is 5.41 Å². The summed E-state index contributed by atoms with van der Waals surface area (Å²) in [5.74, 6) is 2.51. The molecule has 0 atom stereocenters. The van der Waals surface area contributed by atoms with E-state index in [0.29, 0.717) is 0 Å². The SMILES string of the molecule is CN1CN(c2cc(Oc3ccc4c5ccccc5n(-c5ccccn5)c4c3)cc(C(C)(C)C)c2)c2ccccc21. The molecule has 3 heterocycles. The second-order valence-electron chi connectivity index (χ2n) is 11.5. The molecule has 0 fully saturated rings. The standard InChI is InChI=1S/C35H32N4O/c1-35(2,3)24-19-25(38-23-37(4)31-13-7-8-14-32(31)38)21-27(20-24)40-26-16-17-29-28-11-5-6-12-30(28)39(33(29)22-26)34-15-9-10-18-36-34/h5-22H,23H2,1-4H3. The molecule has 198 valence electrons. The zero-order valence-corrected chi connectivity index (χ0v) is 23.3. The van der Waals surface area contributed by atoms with Crippen LogP contribution < -0.4 is 14.5 Å². The van der Waals surface area contributed by atoms with Crippen LogP contribution in [0.25, 0.3) is 27.6 Å². The summed E-state index contributed by atoms with van der Waals surface area (Å²) in [4.78, 5) is 9.31. The van der Waals surface area contributed by atoms with E-state index < -0.39 is 0 Å². The number of ether oxygens (including phenoxy) is 1. The number of benzene rings is 4. The van der Waals surface area contributed by atoms with Gasteiger partial charge < -0.3 is 14.5 Å². The van der Waals surface area contributed by atoms with Crippen molar-refractivity contribution in [1.29, 1.82) is 0 Å². The molecule has 0 spiro atoms. The van der Waals surface area contributed by atoms with Crippen molar-refractivity contribution in [2.45, 2.75) is 26.2 Å². The van der Waals surface area contributed by atoms with Gasteiger partial charge in [0.25, 0.3) is 0 Å². The lowest BCUT2D eigenvalue weighted by atomic mass is 9.86.